The van der Waals surface area contributed by atoms with Gasteiger partial charge in [-0.1, -0.05) is 0 Å². The lowest BCUT2D eigenvalue weighted by molar-refractivity contribution is -0.132. The molecule has 2 aliphatic heterocycles. The monoisotopic (exact) mass is 314 g/mol. The SMILES string of the molecule is O=C1CCCC(N2Cc3c(csc3C(F)F)C2=O)C(=O)N1. The summed E-state index contributed by atoms with van der Waals surface area (Å²) in [6, 6.07) is -0.771. The lowest BCUT2D eigenvalue weighted by atomic mass is 10.1. The van der Waals surface area contributed by atoms with Crippen molar-refractivity contribution in [3.63, 3.8) is 0 Å². The van der Waals surface area contributed by atoms with Gasteiger partial charge in [-0.3, -0.25) is 19.7 Å². The van der Waals surface area contributed by atoms with Crippen LogP contribution < -0.4 is 5.32 Å². The van der Waals surface area contributed by atoms with Crippen LogP contribution in [0.15, 0.2) is 5.38 Å². The molecule has 21 heavy (non-hydrogen) atoms. The average molecular weight is 314 g/mol. The summed E-state index contributed by atoms with van der Waals surface area (Å²) in [5, 5.41) is 3.64. The molecule has 1 saturated heterocycles. The molecule has 2 aliphatic rings. The Bertz CT molecular complexity index is 629. The van der Waals surface area contributed by atoms with Crippen molar-refractivity contribution >= 4 is 29.1 Å². The Hall–Kier alpha value is -1.83. The first-order chi connectivity index (χ1) is 9.99. The summed E-state index contributed by atoms with van der Waals surface area (Å²) in [7, 11) is 0. The van der Waals surface area contributed by atoms with E-state index in [2.05, 4.69) is 5.32 Å². The highest BCUT2D eigenvalue weighted by molar-refractivity contribution is 7.10. The predicted molar refractivity (Wildman–Crippen MR) is 69.9 cm³/mol. The quantitative estimate of drug-likeness (QED) is 0.847. The Morgan fingerprint density at radius 1 is 1.33 bits per heavy atom. The minimum absolute atomic E-state index is 0.00359. The number of carbonyl (C=O) groups is 3. The molecule has 1 aromatic heterocycles. The normalized spacial score (nSPS) is 22.5. The number of thiophene rings is 1. The van der Waals surface area contributed by atoms with Crippen molar-refractivity contribution in [2.24, 2.45) is 0 Å². The number of hydrogen-bond donors (Lipinski definition) is 1. The molecule has 1 unspecified atom stereocenters. The topological polar surface area (TPSA) is 66.5 Å². The number of amides is 3. The van der Waals surface area contributed by atoms with Gasteiger partial charge in [-0.15, -0.1) is 11.3 Å². The highest BCUT2D eigenvalue weighted by atomic mass is 32.1. The standard InChI is InChI=1S/C13H12F2N2O3S/c14-11(15)10-6-4-17(13(20)7(6)5-21-10)8-2-1-3-9(18)16-12(8)19/h5,8,11H,1-4H2,(H,16,18,19). The fraction of sp³-hybridized carbons (Fsp3) is 0.462. The molecule has 1 aromatic rings. The summed E-state index contributed by atoms with van der Waals surface area (Å²) >= 11 is 0.866. The Balaban J connectivity index is 1.87. The Morgan fingerprint density at radius 2 is 2.10 bits per heavy atom. The molecular weight excluding hydrogens is 302 g/mol. The van der Waals surface area contributed by atoms with E-state index in [4.69, 9.17) is 0 Å². The first-order valence-electron chi connectivity index (χ1n) is 6.52. The number of hydrogen-bond acceptors (Lipinski definition) is 4. The molecule has 0 bridgehead atoms. The number of nitrogens with zero attached hydrogens (tertiary/aromatic N) is 1. The second kappa shape index (κ2) is 5.18. The second-order valence-electron chi connectivity index (χ2n) is 5.05. The van der Waals surface area contributed by atoms with E-state index >= 15 is 0 Å². The number of imide groups is 1. The van der Waals surface area contributed by atoms with Gasteiger partial charge in [0.15, 0.2) is 0 Å². The van der Waals surface area contributed by atoms with Gasteiger partial charge in [0, 0.05) is 23.9 Å². The van der Waals surface area contributed by atoms with Crippen LogP contribution in [-0.2, 0) is 16.1 Å². The van der Waals surface area contributed by atoms with Crippen LogP contribution in [0, 0.1) is 0 Å². The minimum Gasteiger partial charge on any atom is -0.322 e. The summed E-state index contributed by atoms with van der Waals surface area (Å²) in [6.45, 7) is 0.00359. The fourth-order valence-corrected chi connectivity index (χ4v) is 3.65. The third-order valence-electron chi connectivity index (χ3n) is 3.77. The molecule has 1 fully saturated rings. The highest BCUT2D eigenvalue weighted by Gasteiger charge is 2.40. The van der Waals surface area contributed by atoms with Crippen LogP contribution in [0.5, 0.6) is 0 Å². The molecule has 0 spiro atoms. The largest absolute Gasteiger partial charge is 0.322 e. The zero-order chi connectivity index (χ0) is 15.1. The zero-order valence-electron chi connectivity index (χ0n) is 10.9. The number of carbonyl (C=O) groups excluding carboxylic acids is 3. The Morgan fingerprint density at radius 3 is 2.81 bits per heavy atom. The van der Waals surface area contributed by atoms with Crippen LogP contribution in [0.2, 0.25) is 0 Å². The number of nitrogens with one attached hydrogen (secondary N) is 1. The van der Waals surface area contributed by atoms with Crippen molar-refractivity contribution in [1.82, 2.24) is 10.2 Å². The fourth-order valence-electron chi connectivity index (χ4n) is 2.74. The van der Waals surface area contributed by atoms with Crippen LogP contribution >= 0.6 is 11.3 Å². The van der Waals surface area contributed by atoms with Crippen molar-refractivity contribution < 1.29 is 23.2 Å². The number of fused-ring (bicyclic) bond motifs is 1. The lowest BCUT2D eigenvalue weighted by Crippen LogP contribution is -2.47. The molecule has 0 radical (unpaired) electrons. The van der Waals surface area contributed by atoms with Gasteiger partial charge >= 0.3 is 0 Å². The maximum Gasteiger partial charge on any atom is 0.273 e. The minimum atomic E-state index is -2.63. The van der Waals surface area contributed by atoms with E-state index in [1.165, 1.54) is 10.3 Å². The molecule has 0 saturated carbocycles. The summed E-state index contributed by atoms with van der Waals surface area (Å²) in [4.78, 5) is 36.8. The molecule has 3 rings (SSSR count). The van der Waals surface area contributed by atoms with E-state index in [9.17, 15) is 23.2 Å². The van der Waals surface area contributed by atoms with Crippen LogP contribution in [0.25, 0.3) is 0 Å². The predicted octanol–water partition coefficient (Wildman–Crippen LogP) is 1.84. The van der Waals surface area contributed by atoms with E-state index in [1.807, 2.05) is 0 Å². The van der Waals surface area contributed by atoms with Crippen LogP contribution in [0.4, 0.5) is 8.78 Å². The Labute approximate surface area is 122 Å². The second-order valence-corrected chi connectivity index (χ2v) is 5.96. The van der Waals surface area contributed by atoms with E-state index < -0.39 is 24.3 Å². The van der Waals surface area contributed by atoms with Gasteiger partial charge in [0.1, 0.15) is 6.04 Å². The van der Waals surface area contributed by atoms with Crippen molar-refractivity contribution in [1.29, 1.82) is 0 Å². The summed E-state index contributed by atoms with van der Waals surface area (Å²) in [5.74, 6) is -1.31. The van der Waals surface area contributed by atoms with Crippen LogP contribution in [0.3, 0.4) is 0 Å². The number of rotatable bonds is 2. The molecule has 0 aromatic carbocycles. The van der Waals surface area contributed by atoms with E-state index in [0.29, 0.717) is 18.4 Å². The van der Waals surface area contributed by atoms with Gasteiger partial charge < -0.3 is 4.90 Å². The smallest absolute Gasteiger partial charge is 0.273 e. The van der Waals surface area contributed by atoms with Crippen LogP contribution in [-0.4, -0.2) is 28.7 Å². The first-order valence-corrected chi connectivity index (χ1v) is 7.40. The van der Waals surface area contributed by atoms with Crippen molar-refractivity contribution in [2.45, 2.75) is 38.3 Å². The van der Waals surface area contributed by atoms with E-state index in [1.54, 1.807) is 0 Å². The van der Waals surface area contributed by atoms with Crippen molar-refractivity contribution in [3.8, 4) is 0 Å². The molecular formula is C13H12F2N2O3S. The van der Waals surface area contributed by atoms with Gasteiger partial charge in [0.25, 0.3) is 12.3 Å². The van der Waals surface area contributed by atoms with Crippen LogP contribution in [0.1, 0.15) is 46.5 Å². The summed E-state index contributed by atoms with van der Waals surface area (Å²) < 4.78 is 25.8. The van der Waals surface area contributed by atoms with Gasteiger partial charge in [-0.25, -0.2) is 8.78 Å². The molecule has 5 nitrogen and oxygen atoms in total. The van der Waals surface area contributed by atoms with Gasteiger partial charge in [-0.2, -0.15) is 0 Å². The zero-order valence-corrected chi connectivity index (χ0v) is 11.7. The molecule has 1 atom stereocenters. The van der Waals surface area contributed by atoms with Crippen molar-refractivity contribution in [2.75, 3.05) is 0 Å². The Kier molecular flexibility index (Phi) is 3.48. The summed E-state index contributed by atoms with van der Waals surface area (Å²) in [5.41, 5.74) is 0.557. The van der Waals surface area contributed by atoms with Gasteiger partial charge in [0.2, 0.25) is 11.8 Å². The number of alkyl halides is 2. The molecule has 8 heteroatoms. The third-order valence-corrected chi connectivity index (χ3v) is 4.80. The first kappa shape index (κ1) is 14.1. The third kappa shape index (κ3) is 2.33. The van der Waals surface area contributed by atoms with E-state index in [-0.39, 0.29) is 29.3 Å². The highest BCUT2D eigenvalue weighted by Crippen LogP contribution is 2.38. The maximum atomic E-state index is 12.9. The lowest BCUT2D eigenvalue weighted by Gasteiger charge is -2.25. The molecule has 112 valence electrons. The molecule has 3 heterocycles. The average Bonchev–Trinajstić information content (AvgIpc) is 2.90. The van der Waals surface area contributed by atoms with E-state index in [0.717, 1.165) is 11.3 Å². The summed E-state index contributed by atoms with van der Waals surface area (Å²) in [6.07, 6.45) is -1.55. The van der Waals surface area contributed by atoms with Crippen molar-refractivity contribution in [3.05, 3.63) is 21.4 Å². The maximum absolute atomic E-state index is 12.9. The van der Waals surface area contributed by atoms with Gasteiger partial charge in [0.05, 0.1) is 10.4 Å². The number of halogens is 2. The molecule has 3 amide bonds. The molecule has 0 aliphatic carbocycles. The van der Waals surface area contributed by atoms with Gasteiger partial charge in [-0.05, 0) is 12.8 Å². The molecule has 1 N–H and O–H groups in total.